The maximum atomic E-state index is 5.86. The Labute approximate surface area is 110 Å². The van der Waals surface area contributed by atoms with E-state index in [-0.39, 0.29) is 6.10 Å². The summed E-state index contributed by atoms with van der Waals surface area (Å²) in [6.07, 6.45) is 0.0962. The van der Waals surface area contributed by atoms with E-state index in [1.165, 1.54) is 5.56 Å². The van der Waals surface area contributed by atoms with Gasteiger partial charge < -0.3 is 14.8 Å². The molecule has 3 nitrogen and oxygen atoms in total. The van der Waals surface area contributed by atoms with Crippen molar-refractivity contribution in [2.75, 3.05) is 33.4 Å². The van der Waals surface area contributed by atoms with Crippen LogP contribution in [0.15, 0.2) is 30.3 Å². The summed E-state index contributed by atoms with van der Waals surface area (Å²) in [5.74, 6) is 0.576. The Morgan fingerprint density at radius 1 is 1.11 bits per heavy atom. The lowest BCUT2D eigenvalue weighted by Gasteiger charge is -2.18. The summed E-state index contributed by atoms with van der Waals surface area (Å²) in [5.41, 5.74) is 1.20. The molecule has 1 unspecified atom stereocenters. The van der Waals surface area contributed by atoms with Crippen molar-refractivity contribution in [3.05, 3.63) is 35.9 Å². The monoisotopic (exact) mass is 251 g/mol. The average Bonchev–Trinajstić information content (AvgIpc) is 2.38. The first kappa shape index (κ1) is 15.2. The highest BCUT2D eigenvalue weighted by molar-refractivity contribution is 5.17. The third-order valence-corrected chi connectivity index (χ3v) is 2.56. The summed E-state index contributed by atoms with van der Waals surface area (Å²) >= 11 is 0. The van der Waals surface area contributed by atoms with Gasteiger partial charge in [0, 0.05) is 13.2 Å². The minimum Gasteiger partial charge on any atom is -0.379 e. The molecule has 0 aliphatic carbocycles. The molecular formula is C15H25NO2. The van der Waals surface area contributed by atoms with Crippen LogP contribution in [0.3, 0.4) is 0 Å². The van der Waals surface area contributed by atoms with Crippen molar-refractivity contribution in [2.24, 2.45) is 5.92 Å². The second-order valence-corrected chi connectivity index (χ2v) is 4.80. The zero-order valence-electron chi connectivity index (χ0n) is 11.7. The Bertz CT molecular complexity index is 301. The van der Waals surface area contributed by atoms with Gasteiger partial charge in [-0.05, 0) is 18.5 Å². The summed E-state index contributed by atoms with van der Waals surface area (Å²) in [7, 11) is 1.94. The highest BCUT2D eigenvalue weighted by Gasteiger charge is 2.10. The molecule has 18 heavy (non-hydrogen) atoms. The summed E-state index contributed by atoms with van der Waals surface area (Å²) in [6, 6.07) is 10.3. The minimum atomic E-state index is 0.0962. The molecule has 0 fully saturated rings. The molecule has 102 valence electrons. The van der Waals surface area contributed by atoms with E-state index < -0.39 is 0 Å². The third kappa shape index (κ3) is 6.15. The van der Waals surface area contributed by atoms with Gasteiger partial charge in [-0.15, -0.1) is 0 Å². The van der Waals surface area contributed by atoms with E-state index in [0.29, 0.717) is 19.1 Å². The fraction of sp³-hybridized carbons (Fsp3) is 0.600. The van der Waals surface area contributed by atoms with Crippen LogP contribution < -0.4 is 5.32 Å². The molecule has 0 aliphatic heterocycles. The lowest BCUT2D eigenvalue weighted by atomic mass is 10.1. The van der Waals surface area contributed by atoms with Gasteiger partial charge in [0.15, 0.2) is 0 Å². The summed E-state index contributed by atoms with van der Waals surface area (Å²) < 4.78 is 11.4. The Balaban J connectivity index is 2.31. The Morgan fingerprint density at radius 2 is 1.83 bits per heavy atom. The Morgan fingerprint density at radius 3 is 2.44 bits per heavy atom. The molecule has 1 N–H and O–H groups in total. The highest BCUT2D eigenvalue weighted by Crippen LogP contribution is 2.15. The molecule has 0 spiro atoms. The predicted octanol–water partition coefficient (Wildman–Crippen LogP) is 2.64. The van der Waals surface area contributed by atoms with E-state index in [0.717, 1.165) is 13.2 Å². The third-order valence-electron chi connectivity index (χ3n) is 2.56. The second kappa shape index (κ2) is 9.09. The van der Waals surface area contributed by atoms with Crippen molar-refractivity contribution in [1.29, 1.82) is 0 Å². The maximum Gasteiger partial charge on any atom is 0.0950 e. The first-order valence-electron chi connectivity index (χ1n) is 6.63. The lowest BCUT2D eigenvalue weighted by molar-refractivity contribution is -0.000661. The van der Waals surface area contributed by atoms with Crippen molar-refractivity contribution < 1.29 is 9.47 Å². The quantitative estimate of drug-likeness (QED) is 0.684. The standard InChI is InChI=1S/C15H25NO2/c1-13(2)12-17-9-10-18-15(11-16-3)14-7-5-4-6-8-14/h4-8,13,15-16H,9-12H2,1-3H3. The largest absolute Gasteiger partial charge is 0.379 e. The number of rotatable bonds is 9. The predicted molar refractivity (Wildman–Crippen MR) is 74.7 cm³/mol. The molecule has 0 bridgehead atoms. The van der Waals surface area contributed by atoms with Crippen molar-refractivity contribution >= 4 is 0 Å². The first-order chi connectivity index (χ1) is 8.74. The van der Waals surface area contributed by atoms with Crippen LogP contribution in [0.5, 0.6) is 0 Å². The normalized spacial score (nSPS) is 12.9. The van der Waals surface area contributed by atoms with Gasteiger partial charge in [-0.2, -0.15) is 0 Å². The van der Waals surface area contributed by atoms with Gasteiger partial charge in [0.2, 0.25) is 0 Å². The molecule has 1 aromatic rings. The van der Waals surface area contributed by atoms with Crippen LogP contribution in [-0.2, 0) is 9.47 Å². The van der Waals surface area contributed by atoms with Gasteiger partial charge in [-0.25, -0.2) is 0 Å². The summed E-state index contributed by atoms with van der Waals surface area (Å²) in [6.45, 7) is 7.20. The Hall–Kier alpha value is -0.900. The van der Waals surface area contributed by atoms with Crippen LogP contribution in [0.25, 0.3) is 0 Å². The molecule has 1 aromatic carbocycles. The average molecular weight is 251 g/mol. The van der Waals surface area contributed by atoms with E-state index in [1.54, 1.807) is 0 Å². The topological polar surface area (TPSA) is 30.5 Å². The van der Waals surface area contributed by atoms with Gasteiger partial charge in [-0.3, -0.25) is 0 Å². The van der Waals surface area contributed by atoms with Gasteiger partial charge in [0.25, 0.3) is 0 Å². The van der Waals surface area contributed by atoms with Gasteiger partial charge in [0.1, 0.15) is 0 Å². The molecule has 0 aromatic heterocycles. The number of benzene rings is 1. The van der Waals surface area contributed by atoms with Crippen molar-refractivity contribution in [2.45, 2.75) is 20.0 Å². The minimum absolute atomic E-state index is 0.0962. The van der Waals surface area contributed by atoms with E-state index in [2.05, 4.69) is 31.3 Å². The van der Waals surface area contributed by atoms with Gasteiger partial charge in [-0.1, -0.05) is 44.2 Å². The van der Waals surface area contributed by atoms with E-state index in [9.17, 15) is 0 Å². The molecule has 3 heteroatoms. The number of hydrogen-bond donors (Lipinski definition) is 1. The van der Waals surface area contributed by atoms with Crippen LogP contribution in [0.4, 0.5) is 0 Å². The zero-order valence-corrected chi connectivity index (χ0v) is 11.7. The molecule has 0 aliphatic rings. The van der Waals surface area contributed by atoms with Crippen LogP contribution in [-0.4, -0.2) is 33.4 Å². The van der Waals surface area contributed by atoms with Crippen molar-refractivity contribution in [3.63, 3.8) is 0 Å². The molecule has 0 amide bonds. The van der Waals surface area contributed by atoms with Gasteiger partial charge >= 0.3 is 0 Å². The molecule has 0 radical (unpaired) electrons. The van der Waals surface area contributed by atoms with Gasteiger partial charge in [0.05, 0.1) is 19.3 Å². The SMILES string of the molecule is CNCC(OCCOCC(C)C)c1ccccc1. The Kier molecular flexibility index (Phi) is 7.65. The second-order valence-electron chi connectivity index (χ2n) is 4.80. The van der Waals surface area contributed by atoms with E-state index >= 15 is 0 Å². The zero-order chi connectivity index (χ0) is 13.2. The number of likely N-dealkylation sites (N-methyl/N-ethyl adjacent to an activating group) is 1. The van der Waals surface area contributed by atoms with E-state index in [1.807, 2.05) is 25.2 Å². The highest BCUT2D eigenvalue weighted by atomic mass is 16.5. The first-order valence-corrected chi connectivity index (χ1v) is 6.63. The van der Waals surface area contributed by atoms with Crippen LogP contribution >= 0.6 is 0 Å². The van der Waals surface area contributed by atoms with Crippen LogP contribution in [0.2, 0.25) is 0 Å². The number of nitrogens with one attached hydrogen (secondary N) is 1. The molecule has 0 saturated carbocycles. The van der Waals surface area contributed by atoms with Crippen molar-refractivity contribution in [3.8, 4) is 0 Å². The fourth-order valence-corrected chi connectivity index (χ4v) is 1.69. The number of hydrogen-bond acceptors (Lipinski definition) is 3. The molecular weight excluding hydrogens is 226 g/mol. The summed E-state index contributed by atoms with van der Waals surface area (Å²) in [4.78, 5) is 0. The number of ether oxygens (including phenoxy) is 2. The van der Waals surface area contributed by atoms with Crippen LogP contribution in [0.1, 0.15) is 25.5 Å². The maximum absolute atomic E-state index is 5.86. The smallest absolute Gasteiger partial charge is 0.0950 e. The lowest BCUT2D eigenvalue weighted by Crippen LogP contribution is -2.21. The molecule has 0 saturated heterocycles. The van der Waals surface area contributed by atoms with E-state index in [4.69, 9.17) is 9.47 Å². The molecule has 1 rings (SSSR count). The molecule has 0 heterocycles. The van der Waals surface area contributed by atoms with Crippen LogP contribution in [0, 0.1) is 5.92 Å². The summed E-state index contributed by atoms with van der Waals surface area (Å²) in [5, 5.41) is 3.16. The fourth-order valence-electron chi connectivity index (χ4n) is 1.69. The molecule has 1 atom stereocenters. The van der Waals surface area contributed by atoms with Crippen molar-refractivity contribution in [1.82, 2.24) is 5.32 Å².